The molecule has 1 aromatic heterocycles. The monoisotopic (exact) mass is 511 g/mol. The lowest BCUT2D eigenvalue weighted by Crippen LogP contribution is -2.66. The summed E-state index contributed by atoms with van der Waals surface area (Å²) in [6, 6.07) is 4.91. The van der Waals surface area contributed by atoms with Crippen LogP contribution in [0.1, 0.15) is 47.3 Å². The van der Waals surface area contributed by atoms with Gasteiger partial charge in [0.25, 0.3) is 5.91 Å². The number of nitrogens with two attached hydrogens (primary N) is 1. The number of hydrogen-bond donors (Lipinski definition) is 1. The van der Waals surface area contributed by atoms with Crippen LogP contribution in [0.15, 0.2) is 23.9 Å². The van der Waals surface area contributed by atoms with E-state index >= 15 is 0 Å². The van der Waals surface area contributed by atoms with Crippen LogP contribution in [0.3, 0.4) is 0 Å². The highest BCUT2D eigenvalue weighted by atomic mass is 35.5. The number of rotatable bonds is 4. The number of fused-ring (bicyclic) bond motifs is 3. The van der Waals surface area contributed by atoms with Gasteiger partial charge in [0.1, 0.15) is 29.9 Å². The molecule has 8 nitrogen and oxygen atoms in total. The number of carbonyl (C=O) groups excluding carboxylic acids is 1. The SMILES string of the molecule is Cc1nc(C2=C(N)CN(C(=O)c3ccc(F)cc3O[C@@H]3C[C@H]4[C@@H]5O[C@@H]5[C@H]5CC3(C)N54)C2)nc(C)c1Cl. The van der Waals surface area contributed by atoms with Gasteiger partial charge >= 0.3 is 0 Å². The van der Waals surface area contributed by atoms with E-state index in [0.717, 1.165) is 12.8 Å². The highest BCUT2D eigenvalue weighted by Gasteiger charge is 2.76. The molecule has 0 saturated carbocycles. The summed E-state index contributed by atoms with van der Waals surface area (Å²) in [5.74, 6) is 0.0246. The normalized spacial score (nSPS) is 34.0. The number of morpholine rings is 1. The van der Waals surface area contributed by atoms with Crippen LogP contribution >= 0.6 is 11.6 Å². The van der Waals surface area contributed by atoms with Crippen molar-refractivity contribution in [2.45, 2.75) is 69.5 Å². The molecule has 6 atom stereocenters. The smallest absolute Gasteiger partial charge is 0.258 e. The summed E-state index contributed by atoms with van der Waals surface area (Å²) in [4.78, 5) is 26.7. The zero-order chi connectivity index (χ0) is 25.1. The van der Waals surface area contributed by atoms with E-state index < -0.39 is 5.82 Å². The van der Waals surface area contributed by atoms with Crippen LogP contribution in [0, 0.1) is 19.7 Å². The fourth-order valence-electron chi connectivity index (χ4n) is 6.84. The minimum atomic E-state index is -0.442. The second-order valence-electron chi connectivity index (χ2n) is 10.8. The van der Waals surface area contributed by atoms with Gasteiger partial charge in [0.05, 0.1) is 40.6 Å². The van der Waals surface area contributed by atoms with Gasteiger partial charge in [-0.2, -0.15) is 0 Å². The number of ether oxygens (including phenoxy) is 2. The number of benzene rings is 1. The zero-order valence-corrected chi connectivity index (χ0v) is 21.1. The molecule has 10 heteroatoms. The highest BCUT2D eigenvalue weighted by Crippen LogP contribution is 2.62. The molecule has 6 heterocycles. The van der Waals surface area contributed by atoms with Gasteiger partial charge in [-0.15, -0.1) is 0 Å². The van der Waals surface area contributed by atoms with Crippen LogP contribution in [-0.4, -0.2) is 74.7 Å². The molecule has 1 amide bonds. The lowest BCUT2D eigenvalue weighted by molar-refractivity contribution is -0.0934. The van der Waals surface area contributed by atoms with Crippen molar-refractivity contribution in [1.29, 1.82) is 0 Å². The first-order chi connectivity index (χ1) is 17.2. The fraction of sp³-hybridized carbons (Fsp3) is 0.500. The molecule has 0 aliphatic carbocycles. The first-order valence-corrected chi connectivity index (χ1v) is 12.7. The summed E-state index contributed by atoms with van der Waals surface area (Å²) in [6.45, 7) is 6.30. The van der Waals surface area contributed by atoms with Crippen LogP contribution in [-0.2, 0) is 4.74 Å². The van der Waals surface area contributed by atoms with Crippen molar-refractivity contribution in [3.05, 3.63) is 57.5 Å². The van der Waals surface area contributed by atoms with Crippen molar-refractivity contribution in [2.24, 2.45) is 5.73 Å². The van der Waals surface area contributed by atoms with Crippen molar-refractivity contribution in [2.75, 3.05) is 13.1 Å². The fourth-order valence-corrected chi connectivity index (χ4v) is 6.92. The maximum atomic E-state index is 14.3. The van der Waals surface area contributed by atoms with Gasteiger partial charge in [0, 0.05) is 35.8 Å². The maximum absolute atomic E-state index is 14.3. The van der Waals surface area contributed by atoms with Gasteiger partial charge in [-0.25, -0.2) is 14.4 Å². The number of amides is 1. The average Bonchev–Trinajstić information content (AvgIpc) is 3.36. The number of epoxide rings is 1. The Morgan fingerprint density at radius 3 is 2.67 bits per heavy atom. The Labute approximate surface area is 213 Å². The number of hydrogen-bond acceptors (Lipinski definition) is 7. The molecule has 5 aliphatic heterocycles. The van der Waals surface area contributed by atoms with Crippen LogP contribution in [0.4, 0.5) is 4.39 Å². The van der Waals surface area contributed by atoms with E-state index in [1.54, 1.807) is 4.90 Å². The predicted octanol–water partition coefficient (Wildman–Crippen LogP) is 2.85. The van der Waals surface area contributed by atoms with E-state index in [-0.39, 0.29) is 36.4 Å². The Bertz CT molecular complexity index is 1340. The van der Waals surface area contributed by atoms with Gasteiger partial charge in [-0.1, -0.05) is 11.6 Å². The van der Waals surface area contributed by atoms with E-state index in [2.05, 4.69) is 21.8 Å². The second-order valence-corrected chi connectivity index (χ2v) is 11.2. The van der Waals surface area contributed by atoms with Gasteiger partial charge in [0.2, 0.25) is 0 Å². The first kappa shape index (κ1) is 22.4. The van der Waals surface area contributed by atoms with E-state index in [0.29, 0.717) is 63.4 Å². The van der Waals surface area contributed by atoms with Gasteiger partial charge in [0.15, 0.2) is 5.82 Å². The predicted molar refractivity (Wildman–Crippen MR) is 130 cm³/mol. The summed E-state index contributed by atoms with van der Waals surface area (Å²) in [5.41, 5.74) is 9.06. The summed E-state index contributed by atoms with van der Waals surface area (Å²) in [7, 11) is 0. The van der Waals surface area contributed by atoms with Crippen LogP contribution in [0.2, 0.25) is 5.02 Å². The minimum absolute atomic E-state index is 0.118. The molecule has 36 heavy (non-hydrogen) atoms. The largest absolute Gasteiger partial charge is 0.487 e. The molecular formula is C26H27ClFN5O3. The number of aromatic nitrogens is 2. The third-order valence-corrected chi connectivity index (χ3v) is 9.22. The molecular weight excluding hydrogens is 485 g/mol. The molecule has 1 unspecified atom stereocenters. The Morgan fingerprint density at radius 2 is 1.94 bits per heavy atom. The third-order valence-electron chi connectivity index (χ3n) is 8.68. The summed E-state index contributed by atoms with van der Waals surface area (Å²) in [5, 5.41) is 0.514. The molecule has 4 saturated heterocycles. The standard InChI is InChI=1S/C26H27ClFN5O3/c1-11-21(27)12(2)31-24(30-11)15-9-32(10-16(15)29)25(34)14-5-4-13(28)6-19(14)35-20-7-17-22-23(36-22)18-8-26(20,3)33(17)18/h4-6,17-18,20,22-23H,7-10,29H2,1-3H3/t17-,18+,20+,22-,23+,26?/m0/s1. The number of nitrogens with zero attached hydrogens (tertiary/aromatic N) is 4. The molecule has 2 N–H and O–H groups in total. The quantitative estimate of drug-likeness (QED) is 0.630. The topological polar surface area (TPSA) is 97.1 Å². The Kier molecular flexibility index (Phi) is 4.61. The van der Waals surface area contributed by atoms with Crippen molar-refractivity contribution < 1.29 is 18.7 Å². The molecule has 0 spiro atoms. The van der Waals surface area contributed by atoms with Crippen LogP contribution < -0.4 is 10.5 Å². The summed E-state index contributed by atoms with van der Waals surface area (Å²) < 4.78 is 26.6. The number of aryl methyl sites for hydroxylation is 2. The van der Waals surface area contributed by atoms with Crippen molar-refractivity contribution in [3.63, 3.8) is 0 Å². The Morgan fingerprint density at radius 1 is 1.22 bits per heavy atom. The molecule has 188 valence electrons. The zero-order valence-electron chi connectivity index (χ0n) is 20.3. The van der Waals surface area contributed by atoms with Crippen LogP contribution in [0.25, 0.3) is 5.57 Å². The Balaban J connectivity index is 1.13. The lowest BCUT2D eigenvalue weighted by Gasteiger charge is -2.53. The van der Waals surface area contributed by atoms with E-state index in [9.17, 15) is 9.18 Å². The third kappa shape index (κ3) is 3.02. The summed E-state index contributed by atoms with van der Waals surface area (Å²) in [6.07, 6.45) is 2.33. The van der Waals surface area contributed by atoms with Gasteiger partial charge in [-0.3, -0.25) is 9.69 Å². The molecule has 0 radical (unpaired) electrons. The van der Waals surface area contributed by atoms with Crippen molar-refractivity contribution in [3.8, 4) is 5.75 Å². The van der Waals surface area contributed by atoms with Crippen molar-refractivity contribution >= 4 is 23.1 Å². The summed E-state index contributed by atoms with van der Waals surface area (Å²) >= 11 is 6.22. The molecule has 7 rings (SSSR count). The molecule has 2 aromatic rings. The number of carbonyl (C=O) groups is 1. The number of halogens is 2. The highest BCUT2D eigenvalue weighted by molar-refractivity contribution is 6.31. The first-order valence-electron chi connectivity index (χ1n) is 12.3. The Hall–Kier alpha value is -2.75. The molecule has 5 aliphatic rings. The maximum Gasteiger partial charge on any atom is 0.258 e. The van der Waals surface area contributed by atoms with Gasteiger partial charge in [-0.05, 0) is 39.3 Å². The van der Waals surface area contributed by atoms with E-state index in [4.69, 9.17) is 26.8 Å². The molecule has 4 fully saturated rings. The van der Waals surface area contributed by atoms with E-state index in [1.807, 2.05) is 13.8 Å². The second kappa shape index (κ2) is 7.40. The minimum Gasteiger partial charge on any atom is -0.487 e. The molecule has 0 bridgehead atoms. The van der Waals surface area contributed by atoms with Crippen LogP contribution in [0.5, 0.6) is 5.75 Å². The lowest BCUT2D eigenvalue weighted by atomic mass is 9.78. The van der Waals surface area contributed by atoms with E-state index in [1.165, 1.54) is 18.2 Å². The average molecular weight is 512 g/mol. The van der Waals surface area contributed by atoms with Gasteiger partial charge < -0.3 is 20.1 Å². The van der Waals surface area contributed by atoms with Crippen molar-refractivity contribution in [1.82, 2.24) is 19.8 Å². The molecule has 1 aromatic carbocycles.